The Balaban J connectivity index is 2.40. The molecule has 0 amide bonds. The maximum Gasteiger partial charge on any atom is 0.0965 e. The summed E-state index contributed by atoms with van der Waals surface area (Å²) >= 11 is 0. The molecule has 0 bridgehead atoms. The maximum absolute atomic E-state index is 5.32. The second kappa shape index (κ2) is 7.27. The first-order valence-corrected chi connectivity index (χ1v) is 6.74. The van der Waals surface area contributed by atoms with Crippen molar-refractivity contribution in [2.75, 3.05) is 19.6 Å². The van der Waals surface area contributed by atoms with Crippen LogP contribution in [0.3, 0.4) is 0 Å². The van der Waals surface area contributed by atoms with Crippen LogP contribution in [0, 0.1) is 12.3 Å². The van der Waals surface area contributed by atoms with Gasteiger partial charge < -0.3 is 5.32 Å². The van der Waals surface area contributed by atoms with Crippen molar-refractivity contribution in [3.05, 3.63) is 11.9 Å². The molecule has 0 unspecified atom stereocenters. The number of nitrogens with one attached hydrogen (secondary N) is 1. The topological polar surface area (TPSA) is 46.0 Å². The summed E-state index contributed by atoms with van der Waals surface area (Å²) in [5.41, 5.74) is 1.06. The van der Waals surface area contributed by atoms with E-state index < -0.39 is 0 Å². The Morgan fingerprint density at radius 3 is 2.79 bits per heavy atom. The van der Waals surface area contributed by atoms with Gasteiger partial charge in [-0.25, -0.2) is 0 Å². The summed E-state index contributed by atoms with van der Waals surface area (Å²) in [6.45, 7) is 12.6. The Kier molecular flexibility index (Phi) is 6.00. The zero-order valence-corrected chi connectivity index (χ0v) is 12.5. The molecular weight excluding hydrogens is 238 g/mol. The van der Waals surface area contributed by atoms with Crippen LogP contribution in [0.15, 0.2) is 6.20 Å². The van der Waals surface area contributed by atoms with Gasteiger partial charge in [0, 0.05) is 24.8 Å². The van der Waals surface area contributed by atoms with Gasteiger partial charge in [0.1, 0.15) is 0 Å². The summed E-state index contributed by atoms with van der Waals surface area (Å²) in [6, 6.07) is 0. The fourth-order valence-corrected chi connectivity index (χ4v) is 1.61. The zero-order valence-electron chi connectivity index (χ0n) is 12.5. The van der Waals surface area contributed by atoms with Crippen molar-refractivity contribution < 1.29 is 0 Å². The summed E-state index contributed by atoms with van der Waals surface area (Å²) in [4.78, 5) is 2.20. The van der Waals surface area contributed by atoms with Crippen LogP contribution in [0.2, 0.25) is 0 Å². The van der Waals surface area contributed by atoms with E-state index in [4.69, 9.17) is 6.42 Å². The molecule has 0 atom stereocenters. The third-order valence-corrected chi connectivity index (χ3v) is 2.79. The standard InChI is InChI=1S/C14H25N5/c1-6-8-18(7-2)9-10-19-12-13(16-17-19)11-15-14(3,4)5/h1,12,15H,7-11H2,2-5H3. The Morgan fingerprint density at radius 1 is 1.47 bits per heavy atom. The minimum atomic E-state index is 0.0928. The van der Waals surface area contributed by atoms with Crippen LogP contribution in [0.4, 0.5) is 0 Å². The fraction of sp³-hybridized carbons (Fsp3) is 0.714. The minimum absolute atomic E-state index is 0.0928. The van der Waals surface area contributed by atoms with Crippen molar-refractivity contribution in [1.82, 2.24) is 25.2 Å². The van der Waals surface area contributed by atoms with E-state index in [9.17, 15) is 0 Å². The predicted molar refractivity (Wildman–Crippen MR) is 77.6 cm³/mol. The van der Waals surface area contributed by atoms with Crippen LogP contribution < -0.4 is 5.32 Å². The highest BCUT2D eigenvalue weighted by Gasteiger charge is 2.10. The van der Waals surface area contributed by atoms with Crippen LogP contribution in [-0.4, -0.2) is 45.1 Å². The number of hydrogen-bond donors (Lipinski definition) is 1. The van der Waals surface area contributed by atoms with Gasteiger partial charge >= 0.3 is 0 Å². The molecule has 0 saturated heterocycles. The van der Waals surface area contributed by atoms with Gasteiger partial charge in [0.15, 0.2) is 0 Å². The van der Waals surface area contributed by atoms with Crippen molar-refractivity contribution in [3.63, 3.8) is 0 Å². The van der Waals surface area contributed by atoms with Crippen LogP contribution in [0.5, 0.6) is 0 Å². The lowest BCUT2D eigenvalue weighted by atomic mass is 10.1. The first-order valence-electron chi connectivity index (χ1n) is 6.74. The Bertz CT molecular complexity index is 410. The van der Waals surface area contributed by atoms with E-state index in [2.05, 4.69) is 54.1 Å². The molecule has 0 saturated carbocycles. The number of terminal acetylenes is 1. The van der Waals surface area contributed by atoms with Gasteiger partial charge in [-0.2, -0.15) is 0 Å². The van der Waals surface area contributed by atoms with E-state index in [1.807, 2.05) is 10.9 Å². The van der Waals surface area contributed by atoms with Gasteiger partial charge in [-0.3, -0.25) is 9.58 Å². The molecule has 0 aliphatic rings. The Hall–Kier alpha value is -1.38. The highest BCUT2D eigenvalue weighted by molar-refractivity contribution is 4.93. The van der Waals surface area contributed by atoms with E-state index in [1.54, 1.807) is 0 Å². The average Bonchev–Trinajstić information content (AvgIpc) is 2.79. The molecule has 0 aliphatic carbocycles. The molecule has 1 aromatic rings. The van der Waals surface area contributed by atoms with Crippen LogP contribution in [0.25, 0.3) is 0 Å². The van der Waals surface area contributed by atoms with Crippen LogP contribution in [-0.2, 0) is 13.1 Å². The van der Waals surface area contributed by atoms with Crippen molar-refractivity contribution in [2.24, 2.45) is 0 Å². The number of nitrogens with zero attached hydrogens (tertiary/aromatic N) is 4. The zero-order chi connectivity index (χ0) is 14.3. The fourth-order valence-electron chi connectivity index (χ4n) is 1.61. The molecule has 19 heavy (non-hydrogen) atoms. The van der Waals surface area contributed by atoms with Crippen LogP contribution >= 0.6 is 0 Å². The van der Waals surface area contributed by atoms with Gasteiger partial charge in [-0.1, -0.05) is 18.1 Å². The minimum Gasteiger partial charge on any atom is -0.306 e. The smallest absolute Gasteiger partial charge is 0.0965 e. The van der Waals surface area contributed by atoms with E-state index in [-0.39, 0.29) is 5.54 Å². The van der Waals surface area contributed by atoms with Crippen molar-refractivity contribution >= 4 is 0 Å². The first kappa shape index (κ1) is 15.7. The molecule has 0 spiro atoms. The SMILES string of the molecule is C#CCN(CC)CCn1cc(CNC(C)(C)C)nn1. The van der Waals surface area contributed by atoms with E-state index >= 15 is 0 Å². The van der Waals surface area contributed by atoms with E-state index in [0.717, 1.165) is 31.9 Å². The quantitative estimate of drug-likeness (QED) is 0.749. The highest BCUT2D eigenvalue weighted by Crippen LogP contribution is 2.01. The van der Waals surface area contributed by atoms with Crippen LogP contribution in [0.1, 0.15) is 33.4 Å². The van der Waals surface area contributed by atoms with Gasteiger partial charge in [0.05, 0.1) is 18.8 Å². The molecule has 1 N–H and O–H groups in total. The first-order chi connectivity index (χ1) is 8.94. The number of likely N-dealkylation sites (N-methyl/N-ethyl adjacent to an activating group) is 1. The van der Waals surface area contributed by atoms with Gasteiger partial charge in [0.2, 0.25) is 0 Å². The third kappa shape index (κ3) is 6.37. The van der Waals surface area contributed by atoms with Crippen molar-refractivity contribution in [2.45, 2.75) is 46.3 Å². The lowest BCUT2D eigenvalue weighted by Crippen LogP contribution is -2.35. The summed E-state index contributed by atoms with van der Waals surface area (Å²) in [5, 5.41) is 11.7. The second-order valence-electron chi connectivity index (χ2n) is 5.65. The molecule has 106 valence electrons. The molecule has 0 radical (unpaired) electrons. The molecular formula is C14H25N5. The van der Waals surface area contributed by atoms with Crippen molar-refractivity contribution in [1.29, 1.82) is 0 Å². The molecule has 0 fully saturated rings. The lowest BCUT2D eigenvalue weighted by Gasteiger charge is -2.19. The molecule has 5 nitrogen and oxygen atoms in total. The van der Waals surface area contributed by atoms with Gasteiger partial charge in [-0.05, 0) is 27.3 Å². The highest BCUT2D eigenvalue weighted by atomic mass is 15.4. The average molecular weight is 263 g/mol. The lowest BCUT2D eigenvalue weighted by molar-refractivity contribution is 0.301. The third-order valence-electron chi connectivity index (χ3n) is 2.79. The summed E-state index contributed by atoms with van der Waals surface area (Å²) in [6.07, 6.45) is 7.31. The monoisotopic (exact) mass is 263 g/mol. The molecule has 0 aliphatic heterocycles. The maximum atomic E-state index is 5.32. The molecule has 0 aromatic carbocycles. The van der Waals surface area contributed by atoms with E-state index in [0.29, 0.717) is 6.54 Å². The molecule has 5 heteroatoms. The summed E-state index contributed by atoms with van der Waals surface area (Å²) in [5.74, 6) is 2.67. The van der Waals surface area contributed by atoms with Gasteiger partial charge in [0.25, 0.3) is 0 Å². The molecule has 1 heterocycles. The predicted octanol–water partition coefficient (Wildman–Crippen LogP) is 1.12. The molecule has 1 aromatic heterocycles. The number of hydrogen-bond acceptors (Lipinski definition) is 4. The van der Waals surface area contributed by atoms with Crippen molar-refractivity contribution in [3.8, 4) is 12.3 Å². The normalized spacial score (nSPS) is 11.8. The Labute approximate surface area is 116 Å². The molecule has 1 rings (SSSR count). The van der Waals surface area contributed by atoms with E-state index in [1.165, 1.54) is 0 Å². The van der Waals surface area contributed by atoms with Gasteiger partial charge in [-0.15, -0.1) is 11.5 Å². The largest absolute Gasteiger partial charge is 0.306 e. The summed E-state index contributed by atoms with van der Waals surface area (Å²) in [7, 11) is 0. The Morgan fingerprint density at radius 2 is 2.21 bits per heavy atom. The number of aromatic nitrogens is 3. The number of rotatable bonds is 7. The second-order valence-corrected chi connectivity index (χ2v) is 5.65. The summed E-state index contributed by atoms with van der Waals surface area (Å²) < 4.78 is 1.87.